The fourth-order valence-electron chi connectivity index (χ4n) is 3.86. The monoisotopic (exact) mass is 375 g/mol. The zero-order chi connectivity index (χ0) is 19.4. The van der Waals surface area contributed by atoms with Crippen molar-refractivity contribution in [1.82, 2.24) is 10.6 Å². The van der Waals surface area contributed by atoms with Crippen LogP contribution in [-0.2, 0) is 11.2 Å². The van der Waals surface area contributed by atoms with Crippen molar-refractivity contribution in [3.05, 3.63) is 29.8 Å². The van der Waals surface area contributed by atoms with Gasteiger partial charge in [-0.1, -0.05) is 25.0 Å². The number of hydrogen-bond acceptors (Lipinski definition) is 3. The Hall–Kier alpha value is -1.75. The Balaban J connectivity index is 1.69. The van der Waals surface area contributed by atoms with Crippen molar-refractivity contribution in [2.75, 3.05) is 40.5 Å². The van der Waals surface area contributed by atoms with Crippen LogP contribution in [0.15, 0.2) is 29.3 Å². The second-order valence-electron chi connectivity index (χ2n) is 7.46. The lowest BCUT2D eigenvalue weighted by Crippen LogP contribution is -2.43. The first kappa shape index (κ1) is 21.5. The Morgan fingerprint density at radius 3 is 2.52 bits per heavy atom. The summed E-state index contributed by atoms with van der Waals surface area (Å²) in [5, 5.41) is 7.01. The van der Waals surface area contributed by atoms with Gasteiger partial charge in [-0.2, -0.15) is 0 Å². The number of nitrogens with one attached hydrogen (secondary N) is 2. The largest absolute Gasteiger partial charge is 0.497 e. The molecule has 0 amide bonds. The minimum absolute atomic E-state index is 0.371. The highest BCUT2D eigenvalue weighted by molar-refractivity contribution is 5.79. The maximum Gasteiger partial charge on any atom is 0.190 e. The molecule has 2 N–H and O–H groups in total. The third kappa shape index (κ3) is 7.41. The van der Waals surface area contributed by atoms with Gasteiger partial charge in [0, 0.05) is 33.4 Å². The summed E-state index contributed by atoms with van der Waals surface area (Å²) in [6, 6.07) is 8.31. The molecule has 152 valence electrons. The average molecular weight is 376 g/mol. The molecule has 27 heavy (non-hydrogen) atoms. The molecule has 2 rings (SSSR count). The lowest BCUT2D eigenvalue weighted by atomic mass is 9.83. The van der Waals surface area contributed by atoms with Gasteiger partial charge in [0.1, 0.15) is 5.75 Å². The van der Waals surface area contributed by atoms with E-state index in [2.05, 4.69) is 34.7 Å². The Bertz CT molecular complexity index is 551. The summed E-state index contributed by atoms with van der Waals surface area (Å²) >= 11 is 0. The first-order valence-electron chi connectivity index (χ1n) is 10.4. The zero-order valence-corrected chi connectivity index (χ0v) is 17.4. The van der Waals surface area contributed by atoms with E-state index in [1.54, 1.807) is 7.11 Å². The molecule has 5 nitrogen and oxygen atoms in total. The van der Waals surface area contributed by atoms with E-state index in [1.807, 2.05) is 19.2 Å². The highest BCUT2D eigenvalue weighted by atomic mass is 16.5. The van der Waals surface area contributed by atoms with Crippen LogP contribution >= 0.6 is 0 Å². The van der Waals surface area contributed by atoms with E-state index in [-0.39, 0.29) is 0 Å². The molecular weight excluding hydrogens is 338 g/mol. The second-order valence-corrected chi connectivity index (χ2v) is 7.46. The van der Waals surface area contributed by atoms with Gasteiger partial charge in [-0.25, -0.2) is 0 Å². The van der Waals surface area contributed by atoms with E-state index in [0.717, 1.165) is 57.3 Å². The van der Waals surface area contributed by atoms with Crippen molar-refractivity contribution < 1.29 is 9.47 Å². The molecule has 1 saturated carbocycles. The average Bonchev–Trinajstić information content (AvgIpc) is 3.17. The van der Waals surface area contributed by atoms with Gasteiger partial charge in [0.05, 0.1) is 7.11 Å². The number of aliphatic imine (C=N–C) groups is 1. The summed E-state index contributed by atoms with van der Waals surface area (Å²) in [6.07, 6.45) is 8.52. The van der Waals surface area contributed by atoms with E-state index in [0.29, 0.717) is 5.41 Å². The summed E-state index contributed by atoms with van der Waals surface area (Å²) in [5.74, 6) is 1.82. The van der Waals surface area contributed by atoms with Crippen LogP contribution in [0.2, 0.25) is 0 Å². The van der Waals surface area contributed by atoms with Crippen LogP contribution in [0.5, 0.6) is 5.75 Å². The van der Waals surface area contributed by atoms with Crippen LogP contribution < -0.4 is 15.4 Å². The Kier molecular flexibility index (Phi) is 9.46. The van der Waals surface area contributed by atoms with Crippen molar-refractivity contribution in [2.45, 2.75) is 51.9 Å². The smallest absolute Gasteiger partial charge is 0.190 e. The number of nitrogens with zero attached hydrogens (tertiary/aromatic N) is 1. The number of methoxy groups -OCH3 is 1. The zero-order valence-electron chi connectivity index (χ0n) is 17.4. The van der Waals surface area contributed by atoms with Crippen molar-refractivity contribution in [2.24, 2.45) is 10.4 Å². The predicted molar refractivity (Wildman–Crippen MR) is 113 cm³/mol. The Morgan fingerprint density at radius 2 is 1.89 bits per heavy atom. The lowest BCUT2D eigenvalue weighted by molar-refractivity contribution is 0.105. The summed E-state index contributed by atoms with van der Waals surface area (Å²) in [6.45, 7) is 5.64. The molecule has 0 heterocycles. The van der Waals surface area contributed by atoms with E-state index in [4.69, 9.17) is 9.47 Å². The third-order valence-corrected chi connectivity index (χ3v) is 5.59. The van der Waals surface area contributed by atoms with Crippen molar-refractivity contribution in [3.63, 3.8) is 0 Å². The first-order chi connectivity index (χ1) is 13.2. The van der Waals surface area contributed by atoms with Gasteiger partial charge in [-0.05, 0) is 62.1 Å². The molecule has 1 aliphatic carbocycles. The number of aryl methyl sites for hydroxylation is 1. The third-order valence-electron chi connectivity index (χ3n) is 5.59. The van der Waals surface area contributed by atoms with Gasteiger partial charge in [0.25, 0.3) is 0 Å². The number of ether oxygens (including phenoxy) is 2. The summed E-state index contributed by atoms with van der Waals surface area (Å²) < 4.78 is 10.8. The van der Waals surface area contributed by atoms with Gasteiger partial charge >= 0.3 is 0 Å². The molecule has 1 fully saturated rings. The number of rotatable bonds is 11. The first-order valence-corrected chi connectivity index (χ1v) is 10.4. The van der Waals surface area contributed by atoms with Crippen LogP contribution in [0.4, 0.5) is 0 Å². The van der Waals surface area contributed by atoms with Crippen LogP contribution in [0.25, 0.3) is 0 Å². The molecule has 0 saturated heterocycles. The molecule has 0 spiro atoms. The van der Waals surface area contributed by atoms with E-state index in [9.17, 15) is 0 Å². The predicted octanol–water partition coefficient (Wildman–Crippen LogP) is 3.78. The van der Waals surface area contributed by atoms with Crippen LogP contribution in [0.1, 0.15) is 51.0 Å². The Labute approximate surface area is 164 Å². The van der Waals surface area contributed by atoms with E-state index >= 15 is 0 Å². The summed E-state index contributed by atoms with van der Waals surface area (Å²) in [5.41, 5.74) is 1.71. The molecule has 1 aromatic carbocycles. The van der Waals surface area contributed by atoms with Gasteiger partial charge in [-0.3, -0.25) is 4.99 Å². The van der Waals surface area contributed by atoms with E-state index < -0.39 is 0 Å². The van der Waals surface area contributed by atoms with Crippen LogP contribution in [0.3, 0.4) is 0 Å². The van der Waals surface area contributed by atoms with Gasteiger partial charge in [0.15, 0.2) is 5.96 Å². The fourth-order valence-corrected chi connectivity index (χ4v) is 3.86. The molecule has 1 aromatic rings. The highest BCUT2D eigenvalue weighted by Crippen LogP contribution is 2.40. The topological polar surface area (TPSA) is 54.9 Å². The van der Waals surface area contributed by atoms with Crippen molar-refractivity contribution >= 4 is 5.96 Å². The standard InChI is InChI=1S/C22H37N3O2/c1-4-27-17-15-22(13-5-6-14-22)18-25-21(23-2)24-16-7-8-19-9-11-20(26-3)12-10-19/h9-12H,4-8,13-18H2,1-3H3,(H2,23,24,25). The lowest BCUT2D eigenvalue weighted by Gasteiger charge is -2.30. The van der Waals surface area contributed by atoms with Gasteiger partial charge in [-0.15, -0.1) is 0 Å². The van der Waals surface area contributed by atoms with E-state index in [1.165, 1.54) is 31.2 Å². The summed E-state index contributed by atoms with van der Waals surface area (Å²) in [7, 11) is 3.55. The number of guanidine groups is 1. The number of hydrogen-bond donors (Lipinski definition) is 2. The molecular formula is C22H37N3O2. The normalized spacial score (nSPS) is 16.3. The molecule has 0 bridgehead atoms. The van der Waals surface area contributed by atoms with Crippen LogP contribution in [-0.4, -0.2) is 46.4 Å². The molecule has 0 atom stereocenters. The highest BCUT2D eigenvalue weighted by Gasteiger charge is 2.33. The molecule has 0 radical (unpaired) electrons. The molecule has 0 aromatic heterocycles. The SMILES string of the molecule is CCOCCC1(CNC(=NC)NCCCc2ccc(OC)cc2)CCCC1. The minimum atomic E-state index is 0.371. The molecule has 1 aliphatic rings. The quantitative estimate of drug-likeness (QED) is 0.351. The van der Waals surface area contributed by atoms with Gasteiger partial charge in [0.2, 0.25) is 0 Å². The van der Waals surface area contributed by atoms with Crippen molar-refractivity contribution in [1.29, 1.82) is 0 Å². The molecule has 0 unspecified atom stereocenters. The van der Waals surface area contributed by atoms with Gasteiger partial charge < -0.3 is 20.1 Å². The van der Waals surface area contributed by atoms with Crippen molar-refractivity contribution in [3.8, 4) is 5.75 Å². The van der Waals surface area contributed by atoms with Crippen LogP contribution in [0, 0.1) is 5.41 Å². The number of benzene rings is 1. The minimum Gasteiger partial charge on any atom is -0.497 e. The molecule has 0 aliphatic heterocycles. The maximum absolute atomic E-state index is 5.61. The summed E-state index contributed by atoms with van der Waals surface area (Å²) in [4.78, 5) is 4.39. The second kappa shape index (κ2) is 11.9. The molecule has 5 heteroatoms. The Morgan fingerprint density at radius 1 is 1.15 bits per heavy atom. The maximum atomic E-state index is 5.61. The fraction of sp³-hybridized carbons (Fsp3) is 0.682.